The molecule has 2 aliphatic rings. The van der Waals surface area contributed by atoms with Crippen LogP contribution < -0.4 is 0 Å². The summed E-state index contributed by atoms with van der Waals surface area (Å²) in [7, 11) is 0. The molecule has 0 heterocycles. The normalized spacial score (nSPS) is 10.5. The van der Waals surface area contributed by atoms with E-state index in [2.05, 4.69) is 0 Å². The molecular weight excluding hydrogens is 280 g/mol. The topological polar surface area (TPSA) is 74.6 Å². The second-order valence-electron chi connectivity index (χ2n) is 4.90. The highest BCUT2D eigenvalue weighted by molar-refractivity contribution is 6.07. The highest BCUT2D eigenvalue weighted by atomic mass is 16.4. The van der Waals surface area contributed by atoms with Gasteiger partial charge in [0.1, 0.15) is 0 Å². The third-order valence-corrected chi connectivity index (χ3v) is 3.59. The van der Waals surface area contributed by atoms with Crippen molar-refractivity contribution >= 4 is 11.9 Å². The van der Waals surface area contributed by atoms with E-state index in [4.69, 9.17) is 0 Å². The maximum atomic E-state index is 11.3. The van der Waals surface area contributed by atoms with Crippen LogP contribution in [-0.2, 0) is 0 Å². The molecule has 0 spiro atoms. The number of carboxylic acid groups (broad SMARTS) is 2. The Balaban J connectivity index is 2.25. The van der Waals surface area contributed by atoms with Crippen molar-refractivity contribution < 1.29 is 19.8 Å². The molecule has 0 saturated carbocycles. The Morgan fingerprint density at radius 3 is 1.55 bits per heavy atom. The van der Waals surface area contributed by atoms with Crippen molar-refractivity contribution in [3.8, 4) is 22.3 Å². The summed E-state index contributed by atoms with van der Waals surface area (Å²) in [5.41, 5.74) is 2.72. The lowest BCUT2D eigenvalue weighted by molar-refractivity contribution is 0.0694. The molecule has 2 aliphatic carbocycles. The van der Waals surface area contributed by atoms with Gasteiger partial charge < -0.3 is 10.2 Å². The van der Waals surface area contributed by atoms with Gasteiger partial charge >= 0.3 is 11.9 Å². The minimum atomic E-state index is -1.13. The van der Waals surface area contributed by atoms with Crippen LogP contribution in [0.2, 0.25) is 0 Å². The number of hydrogen-bond donors (Lipinski definition) is 2. The van der Waals surface area contributed by atoms with Crippen LogP contribution in [0.4, 0.5) is 0 Å². The van der Waals surface area contributed by atoms with Gasteiger partial charge in [0, 0.05) is 0 Å². The lowest BCUT2D eigenvalue weighted by Gasteiger charge is -1.96. The van der Waals surface area contributed by atoms with Gasteiger partial charge in [0.2, 0.25) is 0 Å². The molecule has 0 aliphatic heterocycles. The first-order chi connectivity index (χ1) is 10.6. The number of aromatic carboxylic acids is 2. The molecule has 1 aromatic carbocycles. The van der Waals surface area contributed by atoms with Crippen LogP contribution in [0.25, 0.3) is 22.3 Å². The molecule has 22 heavy (non-hydrogen) atoms. The number of rotatable bonds is 3. The van der Waals surface area contributed by atoms with Gasteiger partial charge in [-0.15, -0.1) is 0 Å². The van der Waals surface area contributed by atoms with E-state index in [0.717, 1.165) is 11.1 Å². The SMILES string of the molecule is O=C(O)c1cc(C(=O)O)c2ccc(-c3ccccc3)ccc1-2. The van der Waals surface area contributed by atoms with E-state index < -0.39 is 11.9 Å². The van der Waals surface area contributed by atoms with E-state index >= 15 is 0 Å². The van der Waals surface area contributed by atoms with Crippen molar-refractivity contribution in [2.45, 2.75) is 0 Å². The first kappa shape index (κ1) is 13.8. The Kier molecular flexibility index (Phi) is 3.35. The van der Waals surface area contributed by atoms with Crippen molar-refractivity contribution in [2.75, 3.05) is 0 Å². The molecule has 4 nitrogen and oxygen atoms in total. The molecule has 0 saturated heterocycles. The number of hydrogen-bond acceptors (Lipinski definition) is 2. The van der Waals surface area contributed by atoms with Crippen molar-refractivity contribution in [3.05, 3.63) is 71.8 Å². The second kappa shape index (κ2) is 5.33. The Morgan fingerprint density at radius 2 is 1.09 bits per heavy atom. The molecule has 108 valence electrons. The van der Waals surface area contributed by atoms with E-state index in [0.29, 0.717) is 11.1 Å². The molecule has 0 bridgehead atoms. The van der Waals surface area contributed by atoms with Gasteiger partial charge in [-0.3, -0.25) is 0 Å². The van der Waals surface area contributed by atoms with Crippen LogP contribution in [0.15, 0.2) is 60.7 Å². The fourth-order valence-corrected chi connectivity index (χ4v) is 2.53. The zero-order valence-electron chi connectivity index (χ0n) is 11.5. The summed E-state index contributed by atoms with van der Waals surface area (Å²) in [6.45, 7) is 0. The summed E-state index contributed by atoms with van der Waals surface area (Å²) in [5.74, 6) is -2.27. The highest BCUT2D eigenvalue weighted by Crippen LogP contribution is 2.33. The molecule has 1 aromatic rings. The maximum absolute atomic E-state index is 11.3. The quantitative estimate of drug-likeness (QED) is 0.768. The van der Waals surface area contributed by atoms with E-state index in [1.807, 2.05) is 30.3 Å². The number of fused-ring (bicyclic) bond motifs is 1. The standard InChI is InChI=1S/C18H12O4/c19-17(20)15-10-16(18(21)22)14-9-7-12(6-8-13(14)15)11-4-2-1-3-5-11/h1-10H,(H,19,20)(H,21,22). The Bertz CT molecular complexity index is 788. The monoisotopic (exact) mass is 292 g/mol. The van der Waals surface area contributed by atoms with Crippen LogP contribution in [0.1, 0.15) is 20.7 Å². The molecule has 0 atom stereocenters. The van der Waals surface area contributed by atoms with Gasteiger partial charge in [-0.1, -0.05) is 54.6 Å². The molecule has 0 amide bonds. The number of carbonyl (C=O) groups is 2. The molecule has 0 radical (unpaired) electrons. The molecule has 0 unspecified atom stereocenters. The summed E-state index contributed by atoms with van der Waals surface area (Å²) in [4.78, 5) is 22.6. The average molecular weight is 292 g/mol. The van der Waals surface area contributed by atoms with Crippen molar-refractivity contribution in [1.82, 2.24) is 0 Å². The van der Waals surface area contributed by atoms with Crippen molar-refractivity contribution in [1.29, 1.82) is 0 Å². The van der Waals surface area contributed by atoms with Gasteiger partial charge in [0.15, 0.2) is 0 Å². The van der Waals surface area contributed by atoms with Crippen LogP contribution in [0, 0.1) is 0 Å². The number of carboxylic acids is 2. The Morgan fingerprint density at radius 1 is 0.636 bits per heavy atom. The summed E-state index contributed by atoms with van der Waals surface area (Å²) < 4.78 is 0. The fraction of sp³-hybridized carbons (Fsp3) is 0. The van der Waals surface area contributed by atoms with E-state index in [1.54, 1.807) is 24.3 Å². The molecule has 4 heteroatoms. The predicted octanol–water partition coefficient (Wildman–Crippen LogP) is 3.85. The third kappa shape index (κ3) is 2.31. The van der Waals surface area contributed by atoms with E-state index in [9.17, 15) is 19.8 Å². The van der Waals surface area contributed by atoms with Crippen LogP contribution in [0.3, 0.4) is 0 Å². The van der Waals surface area contributed by atoms with Crippen LogP contribution in [-0.4, -0.2) is 22.2 Å². The second-order valence-corrected chi connectivity index (χ2v) is 4.90. The first-order valence-electron chi connectivity index (χ1n) is 6.66. The van der Waals surface area contributed by atoms with Gasteiger partial charge in [-0.05, 0) is 28.3 Å². The smallest absolute Gasteiger partial charge is 0.336 e. The van der Waals surface area contributed by atoms with E-state index in [-0.39, 0.29) is 11.1 Å². The lowest BCUT2D eigenvalue weighted by Crippen LogP contribution is -1.95. The van der Waals surface area contributed by atoms with Gasteiger partial charge in [0.25, 0.3) is 0 Å². The predicted molar refractivity (Wildman–Crippen MR) is 82.4 cm³/mol. The molecular formula is C18H12O4. The largest absolute Gasteiger partial charge is 0.478 e. The Labute approximate surface area is 126 Å². The van der Waals surface area contributed by atoms with E-state index in [1.165, 1.54) is 6.07 Å². The summed E-state index contributed by atoms with van der Waals surface area (Å²) in [6.07, 6.45) is 0. The Hall–Kier alpha value is -3.14. The average Bonchev–Trinajstić information content (AvgIpc) is 2.74. The summed E-state index contributed by atoms with van der Waals surface area (Å²) in [6, 6.07) is 17.7. The molecule has 0 fully saturated rings. The minimum Gasteiger partial charge on any atom is -0.478 e. The summed E-state index contributed by atoms with van der Waals surface area (Å²) in [5, 5.41) is 18.5. The highest BCUT2D eigenvalue weighted by Gasteiger charge is 2.22. The third-order valence-electron chi connectivity index (χ3n) is 3.59. The molecule has 2 N–H and O–H groups in total. The van der Waals surface area contributed by atoms with Gasteiger partial charge in [-0.2, -0.15) is 0 Å². The first-order valence-corrected chi connectivity index (χ1v) is 6.66. The van der Waals surface area contributed by atoms with Gasteiger partial charge in [-0.25, -0.2) is 9.59 Å². The molecule has 3 rings (SSSR count). The van der Waals surface area contributed by atoms with Crippen LogP contribution in [0.5, 0.6) is 0 Å². The number of benzene rings is 1. The fourth-order valence-electron chi connectivity index (χ4n) is 2.53. The maximum Gasteiger partial charge on any atom is 0.336 e. The van der Waals surface area contributed by atoms with Crippen LogP contribution >= 0.6 is 0 Å². The van der Waals surface area contributed by atoms with Gasteiger partial charge in [0.05, 0.1) is 11.1 Å². The minimum absolute atomic E-state index is 0.00242. The molecule has 0 aromatic heterocycles. The zero-order chi connectivity index (χ0) is 15.7. The van der Waals surface area contributed by atoms with Crippen molar-refractivity contribution in [3.63, 3.8) is 0 Å². The summed E-state index contributed by atoms with van der Waals surface area (Å²) >= 11 is 0. The lowest BCUT2D eigenvalue weighted by atomic mass is 10.1. The van der Waals surface area contributed by atoms with Crippen molar-refractivity contribution in [2.24, 2.45) is 0 Å². The zero-order valence-corrected chi connectivity index (χ0v) is 11.5.